The number of rotatable bonds is 10. The van der Waals surface area contributed by atoms with E-state index in [0.29, 0.717) is 35.2 Å². The Bertz CT molecular complexity index is 1100. The number of carboxylic acid groups (broad SMARTS) is 1. The first kappa shape index (κ1) is 23.7. The normalized spacial score (nSPS) is 10.8. The van der Waals surface area contributed by atoms with Crippen LogP contribution in [-0.4, -0.2) is 34.4 Å². The van der Waals surface area contributed by atoms with Gasteiger partial charge in [0.25, 0.3) is 5.91 Å². The molecule has 3 aromatic rings. The van der Waals surface area contributed by atoms with E-state index in [0.717, 1.165) is 5.56 Å². The number of anilines is 1. The lowest BCUT2D eigenvalue weighted by Crippen LogP contribution is -2.25. The number of nitrogens with zero attached hydrogens (tertiary/aromatic N) is 1. The van der Waals surface area contributed by atoms with E-state index in [1.165, 1.54) is 5.56 Å². The second-order valence-corrected chi connectivity index (χ2v) is 7.92. The first-order chi connectivity index (χ1) is 15.8. The minimum Gasteiger partial charge on any atom is -0.481 e. The van der Waals surface area contributed by atoms with E-state index in [-0.39, 0.29) is 31.2 Å². The van der Waals surface area contributed by atoms with Gasteiger partial charge in [-0.25, -0.2) is 4.98 Å². The number of carbonyl (C=O) groups excluding carboxylic acids is 2. The average molecular weight is 450 g/mol. The van der Waals surface area contributed by atoms with Gasteiger partial charge in [-0.2, -0.15) is 0 Å². The third-order valence-electron chi connectivity index (χ3n) is 5.04. The molecule has 0 unspecified atom stereocenters. The van der Waals surface area contributed by atoms with E-state index in [1.807, 2.05) is 12.1 Å². The lowest BCUT2D eigenvalue weighted by atomic mass is 10.0. The van der Waals surface area contributed by atoms with Crippen molar-refractivity contribution >= 4 is 23.5 Å². The van der Waals surface area contributed by atoms with Gasteiger partial charge in [0.1, 0.15) is 0 Å². The molecule has 33 heavy (non-hydrogen) atoms. The Balaban J connectivity index is 1.47. The number of aromatic nitrogens is 1. The van der Waals surface area contributed by atoms with Gasteiger partial charge < -0.3 is 20.2 Å². The van der Waals surface area contributed by atoms with Crippen LogP contribution < -0.4 is 10.6 Å². The molecular formula is C25H27N3O5. The molecular weight excluding hydrogens is 422 g/mol. The van der Waals surface area contributed by atoms with Crippen molar-refractivity contribution in [3.63, 3.8) is 0 Å². The fraction of sp³-hybridized carbons (Fsp3) is 0.280. The van der Waals surface area contributed by atoms with Crippen LogP contribution in [0, 0.1) is 0 Å². The Hall–Kier alpha value is -3.94. The number of benzene rings is 2. The number of nitrogens with one attached hydrogen (secondary N) is 2. The predicted octanol–water partition coefficient (Wildman–Crippen LogP) is 4.24. The molecule has 8 heteroatoms. The van der Waals surface area contributed by atoms with Crippen molar-refractivity contribution in [2.45, 2.75) is 39.0 Å². The molecule has 3 N–H and O–H groups in total. The summed E-state index contributed by atoms with van der Waals surface area (Å²) in [6.07, 6.45) is 2.08. The third kappa shape index (κ3) is 7.03. The van der Waals surface area contributed by atoms with E-state index in [2.05, 4.69) is 41.6 Å². The average Bonchev–Trinajstić information content (AvgIpc) is 3.27. The summed E-state index contributed by atoms with van der Waals surface area (Å²) in [5.74, 6) is 0.0661. The number of aliphatic carboxylic acids is 1. The minimum absolute atomic E-state index is 0.0540. The van der Waals surface area contributed by atoms with E-state index >= 15 is 0 Å². The van der Waals surface area contributed by atoms with Crippen molar-refractivity contribution in [3.05, 3.63) is 71.7 Å². The highest BCUT2D eigenvalue weighted by molar-refractivity contribution is 5.96. The summed E-state index contributed by atoms with van der Waals surface area (Å²) in [6.45, 7) is 4.34. The van der Waals surface area contributed by atoms with Gasteiger partial charge in [-0.3, -0.25) is 14.4 Å². The standard InChI is InChI=1S/C25H27N3O5/c1-16(2)17-3-5-18(6-4-17)21-15-27-23(33-21)12-11-22(29)28-20-9-7-19(8-10-20)25(32)26-14-13-24(30)31/h3-10,15-16H,11-14H2,1-2H3,(H,26,32)(H,28,29)(H,30,31). The van der Waals surface area contributed by atoms with Crippen molar-refractivity contribution in [1.82, 2.24) is 10.3 Å². The molecule has 0 aliphatic carbocycles. The van der Waals surface area contributed by atoms with Crippen LogP contribution in [0.15, 0.2) is 59.1 Å². The number of carboxylic acids is 1. The summed E-state index contributed by atoms with van der Waals surface area (Å²) < 4.78 is 5.79. The predicted molar refractivity (Wildman–Crippen MR) is 124 cm³/mol. The molecule has 172 valence electrons. The summed E-state index contributed by atoms with van der Waals surface area (Å²) in [5.41, 5.74) is 3.13. The molecule has 0 fully saturated rings. The number of hydrogen-bond donors (Lipinski definition) is 3. The smallest absolute Gasteiger partial charge is 0.305 e. The highest BCUT2D eigenvalue weighted by atomic mass is 16.4. The van der Waals surface area contributed by atoms with Crippen molar-refractivity contribution in [2.75, 3.05) is 11.9 Å². The largest absolute Gasteiger partial charge is 0.481 e. The molecule has 0 spiro atoms. The first-order valence-electron chi connectivity index (χ1n) is 10.8. The molecule has 0 aliphatic rings. The summed E-state index contributed by atoms with van der Waals surface area (Å²) in [4.78, 5) is 39.0. The monoisotopic (exact) mass is 449 g/mol. The van der Waals surface area contributed by atoms with Gasteiger partial charge in [0.05, 0.1) is 12.6 Å². The van der Waals surface area contributed by atoms with Crippen LogP contribution in [0.1, 0.15) is 54.4 Å². The van der Waals surface area contributed by atoms with Crippen LogP contribution in [-0.2, 0) is 16.0 Å². The minimum atomic E-state index is -0.977. The van der Waals surface area contributed by atoms with Crippen LogP contribution in [0.4, 0.5) is 5.69 Å². The second-order valence-electron chi connectivity index (χ2n) is 7.92. The van der Waals surface area contributed by atoms with Crippen LogP contribution in [0.5, 0.6) is 0 Å². The van der Waals surface area contributed by atoms with Gasteiger partial charge in [-0.15, -0.1) is 0 Å². The summed E-state index contributed by atoms with van der Waals surface area (Å²) in [5, 5.41) is 13.9. The Kier molecular flexibility index (Phi) is 7.96. The SMILES string of the molecule is CC(C)c1ccc(-c2cnc(CCC(=O)Nc3ccc(C(=O)NCCC(=O)O)cc3)o2)cc1. The summed E-state index contributed by atoms with van der Waals surface area (Å²) >= 11 is 0. The second kappa shape index (κ2) is 11.1. The molecule has 1 heterocycles. The lowest BCUT2D eigenvalue weighted by molar-refractivity contribution is -0.136. The quantitative estimate of drug-likeness (QED) is 0.426. The van der Waals surface area contributed by atoms with Crippen LogP contribution >= 0.6 is 0 Å². The van der Waals surface area contributed by atoms with Crippen LogP contribution in [0.2, 0.25) is 0 Å². The number of hydrogen-bond acceptors (Lipinski definition) is 5. The number of carbonyl (C=O) groups is 3. The number of oxazole rings is 1. The topological polar surface area (TPSA) is 122 Å². The molecule has 2 aromatic carbocycles. The van der Waals surface area contributed by atoms with Gasteiger partial charge in [-0.1, -0.05) is 38.1 Å². The Morgan fingerprint density at radius 2 is 1.70 bits per heavy atom. The zero-order valence-corrected chi connectivity index (χ0v) is 18.6. The molecule has 0 aliphatic heterocycles. The van der Waals surface area contributed by atoms with Gasteiger partial charge >= 0.3 is 5.97 Å². The highest BCUT2D eigenvalue weighted by Crippen LogP contribution is 2.24. The first-order valence-corrected chi connectivity index (χ1v) is 10.8. The van der Waals surface area contributed by atoms with E-state index in [4.69, 9.17) is 9.52 Å². The maximum absolute atomic E-state index is 12.3. The van der Waals surface area contributed by atoms with Crippen molar-refractivity contribution in [2.24, 2.45) is 0 Å². The van der Waals surface area contributed by atoms with Gasteiger partial charge in [0, 0.05) is 36.2 Å². The zero-order chi connectivity index (χ0) is 23.8. The van der Waals surface area contributed by atoms with Gasteiger partial charge in [0.2, 0.25) is 5.91 Å². The molecule has 3 rings (SSSR count). The fourth-order valence-electron chi connectivity index (χ4n) is 3.13. The molecule has 2 amide bonds. The molecule has 0 atom stereocenters. The van der Waals surface area contributed by atoms with Gasteiger partial charge in [0.15, 0.2) is 11.7 Å². The van der Waals surface area contributed by atoms with Gasteiger partial charge in [-0.05, 0) is 35.7 Å². The van der Waals surface area contributed by atoms with Crippen molar-refractivity contribution in [3.8, 4) is 11.3 Å². The fourth-order valence-corrected chi connectivity index (χ4v) is 3.13. The Morgan fingerprint density at radius 3 is 2.33 bits per heavy atom. The Labute approximate surface area is 192 Å². The molecule has 8 nitrogen and oxygen atoms in total. The maximum atomic E-state index is 12.3. The summed E-state index contributed by atoms with van der Waals surface area (Å²) in [6, 6.07) is 14.5. The zero-order valence-electron chi connectivity index (χ0n) is 18.6. The van der Waals surface area contributed by atoms with Crippen molar-refractivity contribution < 1.29 is 23.9 Å². The van der Waals surface area contributed by atoms with Crippen LogP contribution in [0.25, 0.3) is 11.3 Å². The van der Waals surface area contributed by atoms with Crippen molar-refractivity contribution in [1.29, 1.82) is 0 Å². The molecule has 0 bridgehead atoms. The van der Waals surface area contributed by atoms with Crippen LogP contribution in [0.3, 0.4) is 0 Å². The van der Waals surface area contributed by atoms with E-state index < -0.39 is 5.97 Å². The molecule has 1 aromatic heterocycles. The van der Waals surface area contributed by atoms with E-state index in [9.17, 15) is 14.4 Å². The molecule has 0 radical (unpaired) electrons. The summed E-state index contributed by atoms with van der Waals surface area (Å²) in [7, 11) is 0. The molecule has 0 saturated carbocycles. The van der Waals surface area contributed by atoms with E-state index in [1.54, 1.807) is 30.5 Å². The number of amides is 2. The lowest BCUT2D eigenvalue weighted by Gasteiger charge is -2.07. The number of aryl methyl sites for hydroxylation is 1. The Morgan fingerprint density at radius 1 is 1.00 bits per heavy atom. The highest BCUT2D eigenvalue weighted by Gasteiger charge is 2.11. The maximum Gasteiger partial charge on any atom is 0.305 e. The third-order valence-corrected chi connectivity index (χ3v) is 5.04. The molecule has 0 saturated heterocycles.